The van der Waals surface area contributed by atoms with Crippen LogP contribution in [0.4, 0.5) is 10.2 Å². The molecule has 1 aliphatic rings. The van der Waals surface area contributed by atoms with Crippen LogP contribution in [-0.4, -0.2) is 40.5 Å². The van der Waals surface area contributed by atoms with Crippen molar-refractivity contribution in [2.75, 3.05) is 31.0 Å². The number of nitrogens with two attached hydrogens (primary N) is 1. The number of aromatic nitrogens is 2. The highest BCUT2D eigenvalue weighted by Crippen LogP contribution is 2.49. The molecule has 2 heterocycles. The molecule has 1 saturated heterocycles. The SMILES string of the molecule is CCOP(=O)(COC1OC(n2cc(F)c(N)nc2=O)CS1)OCC. The first-order valence-corrected chi connectivity index (χ1v) is 9.97. The second-order valence-corrected chi connectivity index (χ2v) is 7.67. The van der Waals surface area contributed by atoms with Crippen molar-refractivity contribution in [2.45, 2.75) is 25.7 Å². The van der Waals surface area contributed by atoms with Gasteiger partial charge in [-0.3, -0.25) is 9.13 Å². The van der Waals surface area contributed by atoms with Crippen molar-refractivity contribution in [3.05, 3.63) is 22.5 Å². The van der Waals surface area contributed by atoms with Gasteiger partial charge in [0, 0.05) is 5.75 Å². The summed E-state index contributed by atoms with van der Waals surface area (Å²) >= 11 is 1.22. The van der Waals surface area contributed by atoms with Gasteiger partial charge in [0.2, 0.25) is 5.62 Å². The van der Waals surface area contributed by atoms with Crippen molar-refractivity contribution in [3.8, 4) is 0 Å². The molecule has 1 fully saturated rings. The predicted octanol–water partition coefficient (Wildman–Crippen LogP) is 1.75. The average Bonchev–Trinajstić information content (AvgIpc) is 2.98. The Morgan fingerprint density at radius 3 is 2.79 bits per heavy atom. The Kier molecular flexibility index (Phi) is 6.79. The lowest BCUT2D eigenvalue weighted by Gasteiger charge is -2.19. The summed E-state index contributed by atoms with van der Waals surface area (Å²) in [5.41, 5.74) is 3.72. The van der Waals surface area contributed by atoms with E-state index < -0.39 is 36.8 Å². The quantitative estimate of drug-likeness (QED) is 0.670. The standard InChI is InChI=1S/C12H19FN3O6PS/c1-3-20-23(18,21-4-2)7-19-12-22-9(6-24-12)16-5-8(13)10(14)15-11(16)17/h5,9,12H,3-4,6-7H2,1-2H3,(H2,14,15,17). The van der Waals surface area contributed by atoms with E-state index in [0.717, 1.165) is 10.8 Å². The largest absolute Gasteiger partial charge is 0.381 e. The van der Waals surface area contributed by atoms with Gasteiger partial charge in [-0.05, 0) is 13.8 Å². The van der Waals surface area contributed by atoms with Crippen LogP contribution in [0.5, 0.6) is 0 Å². The Hall–Kier alpha value is -0.970. The lowest BCUT2D eigenvalue weighted by molar-refractivity contribution is -0.112. The molecule has 0 radical (unpaired) electrons. The summed E-state index contributed by atoms with van der Waals surface area (Å²) in [6.07, 6.45) is -0.125. The monoisotopic (exact) mass is 383 g/mol. The number of anilines is 1. The molecule has 2 unspecified atom stereocenters. The van der Waals surface area contributed by atoms with Gasteiger partial charge in [0.15, 0.2) is 24.2 Å². The zero-order valence-electron chi connectivity index (χ0n) is 13.2. The molecular formula is C12H19FN3O6PS. The van der Waals surface area contributed by atoms with Gasteiger partial charge in [0.05, 0.1) is 19.4 Å². The number of thioether (sulfide) groups is 1. The summed E-state index contributed by atoms with van der Waals surface area (Å²) < 4.78 is 47.9. The second-order valence-electron chi connectivity index (χ2n) is 4.62. The number of ether oxygens (including phenoxy) is 2. The van der Waals surface area contributed by atoms with Crippen LogP contribution in [0.1, 0.15) is 20.1 Å². The lowest BCUT2D eigenvalue weighted by Crippen LogP contribution is -2.29. The van der Waals surface area contributed by atoms with E-state index in [-0.39, 0.29) is 19.6 Å². The fourth-order valence-corrected chi connectivity index (χ4v) is 4.28. The molecule has 136 valence electrons. The fourth-order valence-electron chi connectivity index (χ4n) is 1.92. The van der Waals surface area contributed by atoms with Gasteiger partial charge in [-0.15, -0.1) is 0 Å². The number of nitrogens with zero attached hydrogens (tertiary/aromatic N) is 2. The minimum absolute atomic E-state index is 0.216. The molecule has 1 aromatic heterocycles. The molecule has 0 bridgehead atoms. The van der Waals surface area contributed by atoms with E-state index >= 15 is 0 Å². The minimum Gasteiger partial charge on any atom is -0.381 e. The molecule has 1 aromatic rings. The molecule has 0 amide bonds. The third kappa shape index (κ3) is 4.78. The van der Waals surface area contributed by atoms with Crippen LogP contribution >= 0.6 is 19.4 Å². The molecular weight excluding hydrogens is 364 g/mol. The van der Waals surface area contributed by atoms with Gasteiger partial charge in [-0.25, -0.2) is 9.18 Å². The van der Waals surface area contributed by atoms with Crippen LogP contribution in [0.2, 0.25) is 0 Å². The molecule has 0 aromatic carbocycles. The lowest BCUT2D eigenvalue weighted by atomic mass is 10.5. The highest BCUT2D eigenvalue weighted by atomic mass is 32.2. The summed E-state index contributed by atoms with van der Waals surface area (Å²) in [6, 6.07) is 0. The predicted molar refractivity (Wildman–Crippen MR) is 86.0 cm³/mol. The molecule has 12 heteroatoms. The average molecular weight is 383 g/mol. The smallest absolute Gasteiger partial charge is 0.356 e. The molecule has 0 spiro atoms. The Morgan fingerprint density at radius 1 is 1.50 bits per heavy atom. The first-order valence-electron chi connectivity index (χ1n) is 7.19. The summed E-state index contributed by atoms with van der Waals surface area (Å²) in [5, 5.41) is 0. The minimum atomic E-state index is -3.36. The maximum Gasteiger partial charge on any atom is 0.356 e. The van der Waals surface area contributed by atoms with E-state index in [0.29, 0.717) is 5.75 Å². The number of nitrogen functional groups attached to an aromatic ring is 1. The van der Waals surface area contributed by atoms with Crippen molar-refractivity contribution >= 4 is 25.2 Å². The summed E-state index contributed by atoms with van der Waals surface area (Å²) in [4.78, 5) is 15.1. The van der Waals surface area contributed by atoms with E-state index in [2.05, 4.69) is 4.98 Å². The summed E-state index contributed by atoms with van der Waals surface area (Å²) in [5.74, 6) is -0.961. The number of rotatable bonds is 8. The third-order valence-corrected chi connectivity index (χ3v) is 5.67. The van der Waals surface area contributed by atoms with Crippen LogP contribution in [0.3, 0.4) is 0 Å². The molecule has 1 aliphatic heterocycles. The zero-order valence-corrected chi connectivity index (χ0v) is 14.9. The van der Waals surface area contributed by atoms with E-state index in [1.165, 1.54) is 11.8 Å². The van der Waals surface area contributed by atoms with Gasteiger partial charge in [0.25, 0.3) is 0 Å². The van der Waals surface area contributed by atoms with Gasteiger partial charge < -0.3 is 24.3 Å². The maximum atomic E-state index is 13.5. The normalized spacial score (nSPS) is 21.3. The molecule has 2 atom stereocenters. The molecule has 2 N–H and O–H groups in total. The van der Waals surface area contributed by atoms with Gasteiger partial charge >= 0.3 is 13.3 Å². The molecule has 2 rings (SSSR count). The van der Waals surface area contributed by atoms with E-state index in [1.807, 2.05) is 0 Å². The topological polar surface area (TPSA) is 115 Å². The first-order chi connectivity index (χ1) is 11.4. The molecule has 0 aliphatic carbocycles. The van der Waals surface area contributed by atoms with E-state index in [4.69, 9.17) is 24.3 Å². The Labute approximate surface area is 142 Å². The van der Waals surface area contributed by atoms with Crippen LogP contribution in [0, 0.1) is 5.82 Å². The molecule has 24 heavy (non-hydrogen) atoms. The highest BCUT2D eigenvalue weighted by molar-refractivity contribution is 7.99. The Morgan fingerprint density at radius 2 is 2.17 bits per heavy atom. The number of halogens is 1. The zero-order chi connectivity index (χ0) is 17.7. The van der Waals surface area contributed by atoms with Gasteiger partial charge in [-0.2, -0.15) is 4.98 Å². The van der Waals surface area contributed by atoms with Crippen molar-refractivity contribution in [1.82, 2.24) is 9.55 Å². The van der Waals surface area contributed by atoms with Crippen LogP contribution in [0.15, 0.2) is 11.0 Å². The third-order valence-electron chi connectivity index (χ3n) is 2.91. The molecule has 0 saturated carbocycles. The number of hydrogen-bond donors (Lipinski definition) is 1. The van der Waals surface area contributed by atoms with Crippen LogP contribution in [-0.2, 0) is 23.1 Å². The van der Waals surface area contributed by atoms with Crippen LogP contribution in [0.25, 0.3) is 0 Å². The van der Waals surface area contributed by atoms with Crippen LogP contribution < -0.4 is 11.4 Å². The van der Waals surface area contributed by atoms with Crippen molar-refractivity contribution in [3.63, 3.8) is 0 Å². The highest BCUT2D eigenvalue weighted by Gasteiger charge is 2.33. The second kappa shape index (κ2) is 8.41. The van der Waals surface area contributed by atoms with Crippen molar-refractivity contribution in [1.29, 1.82) is 0 Å². The van der Waals surface area contributed by atoms with Gasteiger partial charge in [-0.1, -0.05) is 11.8 Å². The first kappa shape index (κ1) is 19.4. The van der Waals surface area contributed by atoms with Crippen molar-refractivity contribution in [2.24, 2.45) is 0 Å². The Balaban J connectivity index is 1.97. The summed E-state index contributed by atoms with van der Waals surface area (Å²) in [7, 11) is -3.36. The van der Waals surface area contributed by atoms with E-state index in [1.54, 1.807) is 13.8 Å². The Bertz CT molecular complexity index is 665. The fraction of sp³-hybridized carbons (Fsp3) is 0.667. The summed E-state index contributed by atoms with van der Waals surface area (Å²) in [6.45, 7) is 3.82. The van der Waals surface area contributed by atoms with Gasteiger partial charge in [0.1, 0.15) is 0 Å². The molecule has 9 nitrogen and oxygen atoms in total. The number of hydrogen-bond acceptors (Lipinski definition) is 9. The maximum absolute atomic E-state index is 13.5. The van der Waals surface area contributed by atoms with E-state index in [9.17, 15) is 13.8 Å². The van der Waals surface area contributed by atoms with Crippen molar-refractivity contribution < 1.29 is 27.5 Å².